The summed E-state index contributed by atoms with van der Waals surface area (Å²) in [6.45, 7) is 1.82. The third kappa shape index (κ3) is 2.50. The second kappa shape index (κ2) is 4.04. The average Bonchev–Trinajstić information content (AvgIpc) is 2.15. The molecule has 0 fully saturated rings. The lowest BCUT2D eigenvalue weighted by atomic mass is 10.1. The third-order valence-corrected chi connectivity index (χ3v) is 2.65. The summed E-state index contributed by atoms with van der Waals surface area (Å²) in [5.74, 6) is 0. The molecule has 0 saturated heterocycles. The van der Waals surface area contributed by atoms with Gasteiger partial charge in [0.15, 0.2) is 5.03 Å². The summed E-state index contributed by atoms with van der Waals surface area (Å²) < 4.78 is 21.7. The lowest BCUT2D eigenvalue weighted by Gasteiger charge is -2.07. The maximum absolute atomic E-state index is 10.8. The van der Waals surface area contributed by atoms with Crippen molar-refractivity contribution in [1.82, 2.24) is 4.98 Å². The Balaban J connectivity index is 3.01. The summed E-state index contributed by atoms with van der Waals surface area (Å²) in [5.41, 5.74) is 0.583. The van der Waals surface area contributed by atoms with Gasteiger partial charge in [-0.15, -0.1) is 0 Å². The van der Waals surface area contributed by atoms with Gasteiger partial charge in [-0.3, -0.25) is 0 Å². The van der Waals surface area contributed by atoms with Crippen molar-refractivity contribution in [3.05, 3.63) is 23.9 Å². The Kier molecular flexibility index (Phi) is 3.20. The molecular formula is C8H12N2O3S. The number of aliphatic hydroxyl groups is 1. The van der Waals surface area contributed by atoms with Gasteiger partial charge in [0.2, 0.25) is 0 Å². The van der Waals surface area contributed by atoms with Crippen LogP contribution in [0.1, 0.15) is 25.0 Å². The molecule has 0 aliphatic carbocycles. The number of hydrogen-bond acceptors (Lipinski definition) is 4. The van der Waals surface area contributed by atoms with Crippen LogP contribution in [0.25, 0.3) is 0 Å². The molecule has 3 N–H and O–H groups in total. The van der Waals surface area contributed by atoms with Gasteiger partial charge >= 0.3 is 0 Å². The molecule has 0 radical (unpaired) electrons. The summed E-state index contributed by atoms with van der Waals surface area (Å²) in [7, 11) is -3.74. The number of aromatic nitrogens is 1. The fraction of sp³-hybridized carbons (Fsp3) is 0.375. The van der Waals surface area contributed by atoms with Gasteiger partial charge < -0.3 is 5.11 Å². The predicted octanol–water partition coefficient (Wildman–Crippen LogP) is 0.172. The number of hydrogen-bond donors (Lipinski definition) is 2. The molecule has 0 aromatic carbocycles. The topological polar surface area (TPSA) is 93.3 Å². The first kappa shape index (κ1) is 11.1. The molecule has 0 bridgehead atoms. The highest BCUT2D eigenvalue weighted by Gasteiger charge is 2.10. The zero-order valence-electron chi connectivity index (χ0n) is 7.71. The second-order valence-corrected chi connectivity index (χ2v) is 4.41. The van der Waals surface area contributed by atoms with Gasteiger partial charge in [0.1, 0.15) is 0 Å². The van der Waals surface area contributed by atoms with Crippen molar-refractivity contribution >= 4 is 10.0 Å². The van der Waals surface area contributed by atoms with Gasteiger partial charge in [-0.2, -0.15) is 0 Å². The van der Waals surface area contributed by atoms with E-state index in [0.29, 0.717) is 12.0 Å². The van der Waals surface area contributed by atoms with Crippen molar-refractivity contribution in [2.75, 3.05) is 0 Å². The minimum Gasteiger partial charge on any atom is -0.388 e. The van der Waals surface area contributed by atoms with Crippen molar-refractivity contribution in [3.63, 3.8) is 0 Å². The van der Waals surface area contributed by atoms with Gasteiger partial charge in [-0.25, -0.2) is 18.5 Å². The maximum Gasteiger partial charge on any atom is 0.255 e. The highest BCUT2D eigenvalue weighted by molar-refractivity contribution is 7.89. The first-order valence-electron chi connectivity index (χ1n) is 4.12. The minimum atomic E-state index is -3.74. The molecule has 14 heavy (non-hydrogen) atoms. The SMILES string of the molecule is CCC(O)c1ccc(S(N)(=O)=O)nc1. The van der Waals surface area contributed by atoms with Gasteiger partial charge in [-0.05, 0) is 18.1 Å². The Labute approximate surface area is 82.6 Å². The molecule has 1 aromatic heterocycles. The molecule has 1 aromatic rings. The molecule has 0 spiro atoms. The lowest BCUT2D eigenvalue weighted by Crippen LogP contribution is -2.14. The van der Waals surface area contributed by atoms with E-state index in [9.17, 15) is 13.5 Å². The molecule has 1 unspecified atom stereocenters. The van der Waals surface area contributed by atoms with E-state index >= 15 is 0 Å². The van der Waals surface area contributed by atoms with Crippen LogP contribution in [0.2, 0.25) is 0 Å². The Morgan fingerprint density at radius 2 is 2.21 bits per heavy atom. The van der Waals surface area contributed by atoms with Crippen molar-refractivity contribution in [3.8, 4) is 0 Å². The van der Waals surface area contributed by atoms with Crippen LogP contribution in [-0.4, -0.2) is 18.5 Å². The van der Waals surface area contributed by atoms with Gasteiger partial charge in [0.05, 0.1) is 6.10 Å². The average molecular weight is 216 g/mol. The van der Waals surface area contributed by atoms with E-state index in [1.54, 1.807) is 0 Å². The molecule has 0 saturated carbocycles. The number of nitrogens with two attached hydrogens (primary N) is 1. The summed E-state index contributed by atoms with van der Waals surface area (Å²) >= 11 is 0. The fourth-order valence-electron chi connectivity index (χ4n) is 0.993. The quantitative estimate of drug-likeness (QED) is 0.753. The molecular weight excluding hydrogens is 204 g/mol. The monoisotopic (exact) mass is 216 g/mol. The fourth-order valence-corrected chi connectivity index (χ4v) is 1.45. The number of aliphatic hydroxyl groups excluding tert-OH is 1. The first-order valence-corrected chi connectivity index (χ1v) is 5.66. The van der Waals surface area contributed by atoms with Crippen LogP contribution in [0.4, 0.5) is 0 Å². The van der Waals surface area contributed by atoms with Crippen LogP contribution in [0.3, 0.4) is 0 Å². The van der Waals surface area contributed by atoms with Gasteiger partial charge in [-0.1, -0.05) is 13.0 Å². The van der Waals surface area contributed by atoms with Crippen LogP contribution >= 0.6 is 0 Å². The first-order chi connectivity index (χ1) is 6.45. The molecule has 0 amide bonds. The van der Waals surface area contributed by atoms with Crippen molar-refractivity contribution < 1.29 is 13.5 Å². The molecule has 0 aliphatic heterocycles. The maximum atomic E-state index is 10.8. The molecule has 5 nitrogen and oxygen atoms in total. The van der Waals surface area contributed by atoms with E-state index in [1.807, 2.05) is 6.92 Å². The van der Waals surface area contributed by atoms with E-state index in [1.165, 1.54) is 18.3 Å². The number of sulfonamides is 1. The molecule has 1 rings (SSSR count). The summed E-state index contributed by atoms with van der Waals surface area (Å²) in [4.78, 5) is 3.65. The normalized spacial score (nSPS) is 13.9. The zero-order chi connectivity index (χ0) is 10.8. The van der Waals surface area contributed by atoms with Gasteiger partial charge in [0, 0.05) is 6.20 Å². The number of pyridine rings is 1. The number of primary sulfonamides is 1. The lowest BCUT2D eigenvalue weighted by molar-refractivity contribution is 0.173. The van der Waals surface area contributed by atoms with Crippen molar-refractivity contribution in [2.45, 2.75) is 24.5 Å². The standard InChI is InChI=1S/C8H12N2O3S/c1-2-7(11)6-3-4-8(10-5-6)14(9,12)13/h3-5,7,11H,2H2,1H3,(H2,9,12,13). The number of nitrogens with zero attached hydrogens (tertiary/aromatic N) is 1. The van der Waals surface area contributed by atoms with Crippen LogP contribution in [0, 0.1) is 0 Å². The Bertz CT molecular complexity index is 399. The summed E-state index contributed by atoms with van der Waals surface area (Å²) in [5, 5.41) is 14.1. The molecule has 6 heteroatoms. The van der Waals surface area contributed by atoms with Crippen molar-refractivity contribution in [2.24, 2.45) is 5.14 Å². The highest BCUT2D eigenvalue weighted by Crippen LogP contribution is 2.15. The van der Waals surface area contributed by atoms with Gasteiger partial charge in [0.25, 0.3) is 10.0 Å². The van der Waals surface area contributed by atoms with Crippen LogP contribution < -0.4 is 5.14 Å². The zero-order valence-corrected chi connectivity index (χ0v) is 8.53. The molecule has 1 atom stereocenters. The summed E-state index contributed by atoms with van der Waals surface area (Å²) in [6.07, 6.45) is 1.25. The molecule has 1 heterocycles. The van der Waals surface area contributed by atoms with E-state index in [2.05, 4.69) is 4.98 Å². The second-order valence-electron chi connectivity index (χ2n) is 2.90. The van der Waals surface area contributed by atoms with Crippen molar-refractivity contribution in [1.29, 1.82) is 0 Å². The summed E-state index contributed by atoms with van der Waals surface area (Å²) in [6, 6.07) is 2.78. The van der Waals surface area contributed by atoms with E-state index in [-0.39, 0.29) is 5.03 Å². The Hall–Kier alpha value is -0.980. The van der Waals surface area contributed by atoms with E-state index in [0.717, 1.165) is 0 Å². The molecule has 0 aliphatic rings. The van der Waals surface area contributed by atoms with E-state index in [4.69, 9.17) is 5.14 Å². The minimum absolute atomic E-state index is 0.190. The van der Waals surface area contributed by atoms with Crippen LogP contribution in [-0.2, 0) is 10.0 Å². The molecule has 78 valence electrons. The van der Waals surface area contributed by atoms with Crippen LogP contribution in [0.5, 0.6) is 0 Å². The largest absolute Gasteiger partial charge is 0.388 e. The third-order valence-electron chi connectivity index (χ3n) is 1.82. The predicted molar refractivity (Wildman–Crippen MR) is 50.9 cm³/mol. The smallest absolute Gasteiger partial charge is 0.255 e. The van der Waals surface area contributed by atoms with E-state index < -0.39 is 16.1 Å². The Morgan fingerprint density at radius 3 is 2.57 bits per heavy atom. The Morgan fingerprint density at radius 1 is 1.57 bits per heavy atom. The van der Waals surface area contributed by atoms with Crippen LogP contribution in [0.15, 0.2) is 23.4 Å². The highest BCUT2D eigenvalue weighted by atomic mass is 32.2. The number of rotatable bonds is 3.